The molecule has 3 atom stereocenters. The zero-order chi connectivity index (χ0) is 33.1. The topological polar surface area (TPSA) is 145 Å². The molecular formula is C34H49F2N7O2. The number of hydrogen-bond donors (Lipinski definition) is 4. The third-order valence-electron chi connectivity index (χ3n) is 7.76. The second-order valence-corrected chi connectivity index (χ2v) is 12.7. The summed E-state index contributed by atoms with van der Waals surface area (Å²) >= 11 is 0. The van der Waals surface area contributed by atoms with E-state index in [0.717, 1.165) is 17.5 Å². The van der Waals surface area contributed by atoms with Gasteiger partial charge in [-0.15, -0.1) is 0 Å². The van der Waals surface area contributed by atoms with Crippen LogP contribution in [0.25, 0.3) is 11.3 Å². The van der Waals surface area contributed by atoms with Crippen LogP contribution in [-0.2, 0) is 16.1 Å². The number of benzene rings is 2. The first-order valence-electron chi connectivity index (χ1n) is 15.6. The van der Waals surface area contributed by atoms with Gasteiger partial charge < -0.3 is 32.0 Å². The Morgan fingerprint density at radius 2 is 1.78 bits per heavy atom. The Balaban J connectivity index is 2.06. The van der Waals surface area contributed by atoms with E-state index < -0.39 is 41.9 Å². The van der Waals surface area contributed by atoms with Gasteiger partial charge in [-0.3, -0.25) is 9.59 Å². The molecule has 7 N–H and O–H groups in total. The average Bonchev–Trinajstić information content (AvgIpc) is 3.40. The van der Waals surface area contributed by atoms with Crippen LogP contribution in [0.3, 0.4) is 0 Å². The van der Waals surface area contributed by atoms with Gasteiger partial charge in [0, 0.05) is 30.9 Å². The molecule has 2 amide bonds. The van der Waals surface area contributed by atoms with Crippen LogP contribution in [-0.4, -0.2) is 64.7 Å². The molecule has 3 unspecified atom stereocenters. The number of nitrogens with two attached hydrogens (primary N) is 3. The Hall–Kier alpha value is -3.67. The van der Waals surface area contributed by atoms with E-state index in [1.54, 1.807) is 23.2 Å². The fourth-order valence-electron chi connectivity index (χ4n) is 5.33. The van der Waals surface area contributed by atoms with Crippen LogP contribution in [0.15, 0.2) is 54.7 Å². The SMILES string of the molecule is Cc1ccc(F)c(-c2cn(Cc3ccccc3)c(C(N(CCC(N)CF)C(=O)CNC(=O)C(N)CCCCN)C(C)(C)C)n2)c1. The number of carbonyl (C=O) groups is 2. The Kier molecular flexibility index (Phi) is 13.2. The summed E-state index contributed by atoms with van der Waals surface area (Å²) in [7, 11) is 0. The third-order valence-corrected chi connectivity index (χ3v) is 7.76. The van der Waals surface area contributed by atoms with Gasteiger partial charge in [0.15, 0.2) is 0 Å². The van der Waals surface area contributed by atoms with Crippen LogP contribution < -0.4 is 22.5 Å². The highest BCUT2D eigenvalue weighted by atomic mass is 19.1. The minimum Gasteiger partial charge on any atom is -0.346 e. The molecule has 0 aliphatic carbocycles. The van der Waals surface area contributed by atoms with E-state index in [-0.39, 0.29) is 25.4 Å². The zero-order valence-electron chi connectivity index (χ0n) is 26.9. The number of aromatic nitrogens is 2. The lowest BCUT2D eigenvalue weighted by molar-refractivity contribution is -0.137. The molecule has 246 valence electrons. The Morgan fingerprint density at radius 1 is 1.07 bits per heavy atom. The molecule has 0 bridgehead atoms. The molecule has 1 aromatic heterocycles. The molecule has 3 rings (SSSR count). The van der Waals surface area contributed by atoms with Gasteiger partial charge >= 0.3 is 0 Å². The average molecular weight is 626 g/mol. The van der Waals surface area contributed by atoms with Crippen molar-refractivity contribution in [2.45, 2.75) is 78.0 Å². The largest absolute Gasteiger partial charge is 0.346 e. The molecule has 11 heteroatoms. The van der Waals surface area contributed by atoms with Gasteiger partial charge in [0.05, 0.1) is 24.3 Å². The summed E-state index contributed by atoms with van der Waals surface area (Å²) in [5, 5.41) is 2.68. The summed E-state index contributed by atoms with van der Waals surface area (Å²) in [6, 6.07) is 12.4. The van der Waals surface area contributed by atoms with Crippen molar-refractivity contribution in [1.82, 2.24) is 19.8 Å². The smallest absolute Gasteiger partial charge is 0.242 e. The number of amides is 2. The maximum absolute atomic E-state index is 15.1. The van der Waals surface area contributed by atoms with Crippen molar-refractivity contribution in [2.24, 2.45) is 22.6 Å². The van der Waals surface area contributed by atoms with Crippen molar-refractivity contribution >= 4 is 11.8 Å². The molecule has 45 heavy (non-hydrogen) atoms. The van der Waals surface area contributed by atoms with Gasteiger partial charge in [-0.25, -0.2) is 13.8 Å². The van der Waals surface area contributed by atoms with Crippen LogP contribution in [0.4, 0.5) is 8.78 Å². The lowest BCUT2D eigenvalue weighted by Crippen LogP contribution is -2.50. The van der Waals surface area contributed by atoms with Gasteiger partial charge in [-0.2, -0.15) is 0 Å². The molecule has 9 nitrogen and oxygen atoms in total. The molecule has 0 aliphatic heterocycles. The van der Waals surface area contributed by atoms with E-state index in [9.17, 15) is 14.0 Å². The Bertz CT molecular complexity index is 1390. The van der Waals surface area contributed by atoms with Crippen molar-refractivity contribution in [3.05, 3.63) is 77.5 Å². The van der Waals surface area contributed by atoms with Crippen molar-refractivity contribution in [2.75, 3.05) is 26.3 Å². The highest BCUT2D eigenvalue weighted by Gasteiger charge is 2.38. The fourth-order valence-corrected chi connectivity index (χ4v) is 5.33. The predicted molar refractivity (Wildman–Crippen MR) is 174 cm³/mol. The van der Waals surface area contributed by atoms with E-state index >= 15 is 4.39 Å². The number of imidazole rings is 1. The van der Waals surface area contributed by atoms with E-state index in [0.29, 0.717) is 43.0 Å². The zero-order valence-corrected chi connectivity index (χ0v) is 26.9. The van der Waals surface area contributed by atoms with Gasteiger partial charge in [0.25, 0.3) is 0 Å². The van der Waals surface area contributed by atoms with E-state index in [1.807, 2.05) is 62.6 Å². The van der Waals surface area contributed by atoms with Gasteiger partial charge in [-0.1, -0.05) is 69.2 Å². The van der Waals surface area contributed by atoms with Crippen LogP contribution in [0.2, 0.25) is 0 Å². The standard InChI is InChI=1S/C34H49F2N7O2/c1-23-13-14-27(36)26(18-23)29-22-42(21-24-10-6-5-7-11-24)32(41-29)31(34(2,3)4)43(17-15-25(38)19-35)30(44)20-40-33(45)28(39)12-8-9-16-37/h5-7,10-11,13-14,18,22,25,28,31H,8-9,12,15-17,19-21,37-39H2,1-4H3,(H,40,45). The fraction of sp³-hybridized carbons (Fsp3) is 0.500. The second kappa shape index (κ2) is 16.6. The minimum atomic E-state index is -0.771. The first-order chi connectivity index (χ1) is 21.3. The highest BCUT2D eigenvalue weighted by Crippen LogP contribution is 2.39. The number of unbranched alkanes of at least 4 members (excludes halogenated alkanes) is 1. The number of halogens is 2. The maximum atomic E-state index is 15.1. The highest BCUT2D eigenvalue weighted by molar-refractivity contribution is 5.87. The van der Waals surface area contributed by atoms with Crippen LogP contribution in [0.5, 0.6) is 0 Å². The maximum Gasteiger partial charge on any atom is 0.242 e. The summed E-state index contributed by atoms with van der Waals surface area (Å²) in [5.41, 5.74) is 19.6. The minimum absolute atomic E-state index is 0.122. The van der Waals surface area contributed by atoms with E-state index in [4.69, 9.17) is 22.2 Å². The number of aryl methyl sites for hydroxylation is 1. The van der Waals surface area contributed by atoms with Crippen molar-refractivity contribution in [1.29, 1.82) is 0 Å². The summed E-state index contributed by atoms with van der Waals surface area (Å²) in [6.07, 6.45) is 3.90. The summed E-state index contributed by atoms with van der Waals surface area (Å²) in [5.74, 6) is -0.692. The molecule has 0 spiro atoms. The molecule has 0 saturated carbocycles. The van der Waals surface area contributed by atoms with Crippen LogP contribution in [0, 0.1) is 18.2 Å². The van der Waals surface area contributed by atoms with Crippen molar-refractivity contribution < 1.29 is 18.4 Å². The molecule has 0 fully saturated rings. The Morgan fingerprint density at radius 3 is 2.42 bits per heavy atom. The van der Waals surface area contributed by atoms with Crippen molar-refractivity contribution in [3.8, 4) is 11.3 Å². The number of rotatable bonds is 16. The molecule has 0 saturated heterocycles. The Labute approximate surface area is 265 Å². The lowest BCUT2D eigenvalue weighted by Gasteiger charge is -2.40. The van der Waals surface area contributed by atoms with Gasteiger partial charge in [0.1, 0.15) is 18.3 Å². The lowest BCUT2D eigenvalue weighted by atomic mass is 9.84. The monoisotopic (exact) mass is 625 g/mol. The number of carbonyl (C=O) groups excluding carboxylic acids is 2. The predicted octanol–water partition coefficient (Wildman–Crippen LogP) is 4.22. The van der Waals surface area contributed by atoms with Gasteiger partial charge in [-0.05, 0) is 55.8 Å². The molecule has 0 aliphatic rings. The van der Waals surface area contributed by atoms with E-state index in [2.05, 4.69) is 5.32 Å². The third kappa shape index (κ3) is 10.2. The summed E-state index contributed by atoms with van der Waals surface area (Å²) < 4.78 is 30.5. The molecular weight excluding hydrogens is 576 g/mol. The number of nitrogens with one attached hydrogen (secondary N) is 1. The number of alkyl halides is 1. The molecule has 0 radical (unpaired) electrons. The first kappa shape index (κ1) is 35.8. The summed E-state index contributed by atoms with van der Waals surface area (Å²) in [6.45, 7) is 7.83. The van der Waals surface area contributed by atoms with Crippen LogP contribution >= 0.6 is 0 Å². The van der Waals surface area contributed by atoms with Crippen LogP contribution in [0.1, 0.15) is 69.4 Å². The number of nitrogens with zero attached hydrogens (tertiary/aromatic N) is 3. The van der Waals surface area contributed by atoms with Crippen molar-refractivity contribution in [3.63, 3.8) is 0 Å². The first-order valence-corrected chi connectivity index (χ1v) is 15.6. The molecule has 2 aromatic carbocycles. The quantitative estimate of drug-likeness (QED) is 0.176. The van der Waals surface area contributed by atoms with Gasteiger partial charge in [0.2, 0.25) is 11.8 Å². The normalized spacial score (nSPS) is 13.7. The molecule has 3 aromatic rings. The molecule has 1 heterocycles. The summed E-state index contributed by atoms with van der Waals surface area (Å²) in [4.78, 5) is 33.3. The number of hydrogen-bond acceptors (Lipinski definition) is 6. The van der Waals surface area contributed by atoms with E-state index in [1.165, 1.54) is 6.07 Å². The second-order valence-electron chi connectivity index (χ2n) is 12.7.